The number of sulfonamides is 1. The first-order chi connectivity index (χ1) is 12.2. The maximum atomic E-state index is 13.2. The van der Waals surface area contributed by atoms with Gasteiger partial charge in [0.05, 0.1) is 24.1 Å². The van der Waals surface area contributed by atoms with Crippen LogP contribution < -0.4 is 10.0 Å². The number of rotatable bonds is 6. The molecular weight excluding hydrogens is 363 g/mol. The number of aryl methyl sites for hydroxylation is 1. The first-order valence-electron chi connectivity index (χ1n) is 7.47. The monoisotopic (exact) mass is 380 g/mol. The molecule has 0 aliphatic heterocycles. The molecule has 1 amide bonds. The highest BCUT2D eigenvalue weighted by Gasteiger charge is 2.17. The second kappa shape index (κ2) is 8.07. The van der Waals surface area contributed by atoms with Gasteiger partial charge < -0.3 is 10.1 Å². The van der Waals surface area contributed by atoms with Crippen LogP contribution in [0.4, 0.5) is 10.1 Å². The van der Waals surface area contributed by atoms with Crippen molar-refractivity contribution < 1.29 is 27.1 Å². The van der Waals surface area contributed by atoms with Crippen molar-refractivity contribution in [1.29, 1.82) is 0 Å². The molecule has 26 heavy (non-hydrogen) atoms. The maximum Gasteiger partial charge on any atom is 0.337 e. The molecule has 9 heteroatoms. The van der Waals surface area contributed by atoms with E-state index in [0.29, 0.717) is 11.3 Å². The minimum Gasteiger partial charge on any atom is -0.465 e. The molecule has 2 aromatic carbocycles. The van der Waals surface area contributed by atoms with Crippen molar-refractivity contribution in [3.63, 3.8) is 0 Å². The van der Waals surface area contributed by atoms with Crippen LogP contribution in [0.3, 0.4) is 0 Å². The van der Waals surface area contributed by atoms with E-state index >= 15 is 0 Å². The van der Waals surface area contributed by atoms with Crippen molar-refractivity contribution in [2.45, 2.75) is 11.8 Å². The van der Waals surface area contributed by atoms with E-state index < -0.39 is 34.3 Å². The van der Waals surface area contributed by atoms with Gasteiger partial charge in [0, 0.05) is 5.69 Å². The smallest absolute Gasteiger partial charge is 0.337 e. The fourth-order valence-corrected chi connectivity index (χ4v) is 3.11. The lowest BCUT2D eigenvalue weighted by Gasteiger charge is -2.09. The average molecular weight is 380 g/mol. The molecule has 2 aromatic rings. The van der Waals surface area contributed by atoms with Crippen LogP contribution in [0.5, 0.6) is 0 Å². The van der Waals surface area contributed by atoms with E-state index in [-0.39, 0.29) is 10.5 Å². The zero-order chi connectivity index (χ0) is 19.3. The van der Waals surface area contributed by atoms with Gasteiger partial charge in [-0.15, -0.1) is 0 Å². The molecule has 0 fully saturated rings. The summed E-state index contributed by atoms with van der Waals surface area (Å²) in [6, 6.07) is 9.26. The van der Waals surface area contributed by atoms with Crippen LogP contribution in [0.15, 0.2) is 47.4 Å². The number of ether oxygens (including phenoxy) is 1. The van der Waals surface area contributed by atoms with Gasteiger partial charge in [0.2, 0.25) is 15.9 Å². The quantitative estimate of drug-likeness (QED) is 0.745. The third-order valence-corrected chi connectivity index (χ3v) is 4.85. The van der Waals surface area contributed by atoms with Gasteiger partial charge in [-0.25, -0.2) is 22.3 Å². The van der Waals surface area contributed by atoms with Crippen LogP contribution in [0, 0.1) is 12.7 Å². The van der Waals surface area contributed by atoms with E-state index in [0.717, 1.165) is 12.1 Å². The minimum absolute atomic E-state index is 0.133. The second-order valence-corrected chi connectivity index (χ2v) is 7.12. The molecule has 2 N–H and O–H groups in total. The van der Waals surface area contributed by atoms with Crippen LogP contribution in [0.25, 0.3) is 0 Å². The van der Waals surface area contributed by atoms with Gasteiger partial charge in [0.25, 0.3) is 0 Å². The number of carbonyl (C=O) groups excluding carboxylic acids is 2. The molecule has 7 nitrogen and oxygen atoms in total. The van der Waals surface area contributed by atoms with Gasteiger partial charge in [-0.2, -0.15) is 0 Å². The lowest BCUT2D eigenvalue weighted by atomic mass is 10.2. The molecule has 0 heterocycles. The van der Waals surface area contributed by atoms with Gasteiger partial charge in [-0.3, -0.25) is 4.79 Å². The van der Waals surface area contributed by atoms with Crippen LogP contribution in [-0.4, -0.2) is 33.9 Å². The van der Waals surface area contributed by atoms with Gasteiger partial charge >= 0.3 is 5.97 Å². The predicted molar refractivity (Wildman–Crippen MR) is 92.7 cm³/mol. The molecule has 0 unspecified atom stereocenters. The predicted octanol–water partition coefficient (Wildman–Crippen LogP) is 1.84. The van der Waals surface area contributed by atoms with Crippen molar-refractivity contribution in [2.24, 2.45) is 0 Å². The lowest BCUT2D eigenvalue weighted by molar-refractivity contribution is -0.115. The molecular formula is C17H17FN2O5S. The van der Waals surface area contributed by atoms with Crippen LogP contribution in [-0.2, 0) is 19.6 Å². The van der Waals surface area contributed by atoms with Crippen LogP contribution in [0.2, 0.25) is 0 Å². The standard InChI is InChI=1S/C17H17FN2O5S/c1-11-9-14(7-8-15(11)18)26(23,24)19-10-16(21)20-13-5-3-12(4-6-13)17(22)25-2/h3-9,19H,10H2,1-2H3,(H,20,21). The van der Waals surface area contributed by atoms with E-state index in [2.05, 4.69) is 14.8 Å². The number of hydrogen-bond donors (Lipinski definition) is 2. The number of esters is 1. The summed E-state index contributed by atoms with van der Waals surface area (Å²) in [6.45, 7) is 0.941. The van der Waals surface area contributed by atoms with Crippen molar-refractivity contribution in [3.05, 3.63) is 59.4 Å². The summed E-state index contributed by atoms with van der Waals surface area (Å²) < 4.78 is 44.2. The first kappa shape index (κ1) is 19.5. The number of anilines is 1. The molecule has 0 radical (unpaired) electrons. The summed E-state index contributed by atoms with van der Waals surface area (Å²) in [5, 5.41) is 2.49. The highest BCUT2D eigenvalue weighted by Crippen LogP contribution is 2.14. The van der Waals surface area contributed by atoms with Crippen molar-refractivity contribution in [1.82, 2.24) is 4.72 Å². The molecule has 0 bridgehead atoms. The number of hydrogen-bond acceptors (Lipinski definition) is 5. The van der Waals surface area contributed by atoms with Crippen LogP contribution >= 0.6 is 0 Å². The number of methoxy groups -OCH3 is 1. The summed E-state index contributed by atoms with van der Waals surface area (Å²) in [4.78, 5) is 23.1. The number of amides is 1. The molecule has 0 spiro atoms. The SMILES string of the molecule is COC(=O)c1ccc(NC(=O)CNS(=O)(=O)c2ccc(F)c(C)c2)cc1. The fourth-order valence-electron chi connectivity index (χ4n) is 2.04. The summed E-state index contributed by atoms with van der Waals surface area (Å²) in [5.41, 5.74) is 0.889. The zero-order valence-corrected chi connectivity index (χ0v) is 14.9. The first-order valence-corrected chi connectivity index (χ1v) is 8.95. The second-order valence-electron chi connectivity index (χ2n) is 5.35. The number of halogens is 1. The Hall–Kier alpha value is -2.78. The molecule has 138 valence electrons. The van der Waals surface area contributed by atoms with Gasteiger partial charge in [0.15, 0.2) is 0 Å². The Morgan fingerprint density at radius 3 is 2.35 bits per heavy atom. The third kappa shape index (κ3) is 4.87. The van der Waals surface area contributed by atoms with Crippen LogP contribution in [0.1, 0.15) is 15.9 Å². The van der Waals surface area contributed by atoms with Crippen molar-refractivity contribution >= 4 is 27.6 Å². The highest BCUT2D eigenvalue weighted by molar-refractivity contribution is 7.89. The van der Waals surface area contributed by atoms with E-state index in [9.17, 15) is 22.4 Å². The van der Waals surface area contributed by atoms with E-state index in [1.54, 1.807) is 0 Å². The number of benzene rings is 2. The summed E-state index contributed by atoms with van der Waals surface area (Å²) in [6.07, 6.45) is 0. The summed E-state index contributed by atoms with van der Waals surface area (Å²) in [7, 11) is -2.69. The Kier molecular flexibility index (Phi) is 6.06. The Labute approximate surface area is 150 Å². The maximum absolute atomic E-state index is 13.2. The number of carbonyl (C=O) groups is 2. The molecule has 0 saturated heterocycles. The van der Waals surface area contributed by atoms with E-state index in [4.69, 9.17) is 0 Å². The van der Waals surface area contributed by atoms with Gasteiger partial charge in [-0.1, -0.05) is 0 Å². The Balaban J connectivity index is 1.97. The molecule has 0 aliphatic rings. The largest absolute Gasteiger partial charge is 0.465 e. The molecule has 0 atom stereocenters. The third-order valence-electron chi connectivity index (χ3n) is 3.45. The highest BCUT2D eigenvalue weighted by atomic mass is 32.2. The van der Waals surface area contributed by atoms with E-state index in [1.807, 2.05) is 0 Å². The normalized spacial score (nSPS) is 11.0. The topological polar surface area (TPSA) is 102 Å². The summed E-state index contributed by atoms with van der Waals surface area (Å²) >= 11 is 0. The lowest BCUT2D eigenvalue weighted by Crippen LogP contribution is -2.33. The minimum atomic E-state index is -3.95. The molecule has 0 saturated carbocycles. The molecule has 0 aliphatic carbocycles. The van der Waals surface area contributed by atoms with Crippen molar-refractivity contribution in [3.8, 4) is 0 Å². The van der Waals surface area contributed by atoms with Gasteiger partial charge in [-0.05, 0) is 55.0 Å². The Morgan fingerprint density at radius 2 is 1.77 bits per heavy atom. The Bertz CT molecular complexity index is 927. The van der Waals surface area contributed by atoms with E-state index in [1.165, 1.54) is 44.4 Å². The molecule has 2 rings (SSSR count). The fraction of sp³-hybridized carbons (Fsp3) is 0.176. The zero-order valence-electron chi connectivity index (χ0n) is 14.1. The van der Waals surface area contributed by atoms with Crippen molar-refractivity contribution in [2.75, 3.05) is 19.0 Å². The number of nitrogens with one attached hydrogen (secondary N) is 2. The average Bonchev–Trinajstić information content (AvgIpc) is 2.62. The van der Waals surface area contributed by atoms with Gasteiger partial charge in [0.1, 0.15) is 5.82 Å². The molecule has 0 aromatic heterocycles. The Morgan fingerprint density at radius 1 is 1.12 bits per heavy atom. The summed E-state index contributed by atoms with van der Waals surface area (Å²) in [5.74, 6) is -1.62.